The van der Waals surface area contributed by atoms with E-state index in [0.717, 1.165) is 26.4 Å². The second-order valence-corrected chi connectivity index (χ2v) is 16.0. The molecule has 7 atom stereocenters. The number of carbonyl (C=O) groups is 3. The fourth-order valence-corrected chi connectivity index (χ4v) is 11.5. The fourth-order valence-electron chi connectivity index (χ4n) is 8.21. The summed E-state index contributed by atoms with van der Waals surface area (Å²) in [5.74, 6) is -0.610. The van der Waals surface area contributed by atoms with Gasteiger partial charge in [0.15, 0.2) is 18.1 Å². The smallest absolute Gasteiger partial charge is 0.305 e. The number of anilines is 2. The predicted octanol–water partition coefficient (Wildman–Crippen LogP) is 6.95. The molecule has 13 heteroatoms. The lowest BCUT2D eigenvalue weighted by molar-refractivity contribution is -0.123. The molecule has 2 bridgehead atoms. The zero-order chi connectivity index (χ0) is 33.3. The van der Waals surface area contributed by atoms with Crippen LogP contribution < -0.4 is 24.6 Å². The van der Waals surface area contributed by atoms with E-state index in [0.29, 0.717) is 34.5 Å². The van der Waals surface area contributed by atoms with E-state index in [1.54, 1.807) is 54.2 Å². The van der Waals surface area contributed by atoms with Crippen molar-refractivity contribution >= 4 is 79.7 Å². The zero-order valence-corrected chi connectivity index (χ0v) is 29.5. The molecule has 1 saturated heterocycles. The van der Waals surface area contributed by atoms with Gasteiger partial charge in [-0.25, -0.2) is 0 Å². The second kappa shape index (κ2) is 12.4. The molecule has 1 aromatic heterocycles. The summed E-state index contributed by atoms with van der Waals surface area (Å²) in [5.41, 5.74) is 2.14. The van der Waals surface area contributed by atoms with Crippen LogP contribution in [0.25, 0.3) is 0 Å². The molecule has 2 aliphatic carbocycles. The van der Waals surface area contributed by atoms with Crippen molar-refractivity contribution in [2.24, 2.45) is 29.6 Å². The summed E-state index contributed by atoms with van der Waals surface area (Å²) in [5, 5.41) is 4.26. The summed E-state index contributed by atoms with van der Waals surface area (Å²) in [6.45, 7) is 2.03. The van der Waals surface area contributed by atoms with E-state index in [9.17, 15) is 19.2 Å². The highest BCUT2D eigenvalue weighted by molar-refractivity contribution is 9.10. The minimum absolute atomic E-state index is 0.0130. The van der Waals surface area contributed by atoms with E-state index < -0.39 is 5.92 Å². The molecule has 9 nitrogen and oxygen atoms in total. The van der Waals surface area contributed by atoms with Crippen molar-refractivity contribution in [3.05, 3.63) is 96.3 Å². The number of thioether (sulfide) groups is 1. The van der Waals surface area contributed by atoms with Crippen LogP contribution in [0.1, 0.15) is 29.7 Å². The largest absolute Gasteiger partial charge is 0.490 e. The Balaban J connectivity index is 1.10. The van der Waals surface area contributed by atoms with Gasteiger partial charge in [0.2, 0.25) is 11.8 Å². The van der Waals surface area contributed by atoms with Crippen LogP contribution in [0.5, 0.6) is 11.5 Å². The lowest BCUT2D eigenvalue weighted by Gasteiger charge is -2.43. The quantitative estimate of drug-likeness (QED) is 0.187. The summed E-state index contributed by atoms with van der Waals surface area (Å²) in [6, 6.07) is 19.8. The first-order valence-corrected chi connectivity index (χ1v) is 18.6. The van der Waals surface area contributed by atoms with E-state index in [1.807, 2.05) is 31.2 Å². The van der Waals surface area contributed by atoms with Crippen LogP contribution in [-0.2, 0) is 14.4 Å². The average molecular weight is 767 g/mol. The Labute approximate surface area is 297 Å². The summed E-state index contributed by atoms with van der Waals surface area (Å²) < 4.78 is 12.8. The van der Waals surface area contributed by atoms with Crippen molar-refractivity contribution < 1.29 is 23.9 Å². The number of aromatic amines is 1. The van der Waals surface area contributed by atoms with Gasteiger partial charge in [-0.3, -0.25) is 24.1 Å². The van der Waals surface area contributed by atoms with Gasteiger partial charge in [-0.15, -0.1) is 11.8 Å². The number of ether oxygens (including phenoxy) is 2. The Morgan fingerprint density at radius 3 is 2.44 bits per heavy atom. The highest BCUT2D eigenvalue weighted by atomic mass is 79.9. The second-order valence-electron chi connectivity index (χ2n) is 12.4. The number of fused-ring (bicyclic) bond motifs is 9. The zero-order valence-electron chi connectivity index (χ0n) is 25.5. The number of thiazole rings is 1. The lowest BCUT2D eigenvalue weighted by atomic mass is 9.68. The number of H-pyrrole nitrogens is 1. The van der Waals surface area contributed by atoms with E-state index >= 15 is 0 Å². The highest BCUT2D eigenvalue weighted by Crippen LogP contribution is 2.68. The van der Waals surface area contributed by atoms with Crippen LogP contribution in [0.2, 0.25) is 5.02 Å². The molecule has 3 heterocycles. The topological polar surface area (TPSA) is 118 Å². The summed E-state index contributed by atoms with van der Waals surface area (Å²) >= 11 is 12.2. The van der Waals surface area contributed by atoms with Gasteiger partial charge < -0.3 is 19.8 Å². The maximum absolute atomic E-state index is 14.0. The molecular formula is C35H29BrClN3O6S2. The first-order valence-electron chi connectivity index (χ1n) is 15.7. The molecule has 0 spiro atoms. The number of rotatable bonds is 8. The Morgan fingerprint density at radius 2 is 1.71 bits per heavy atom. The summed E-state index contributed by atoms with van der Waals surface area (Å²) in [6.07, 6.45) is 0.793. The van der Waals surface area contributed by atoms with Gasteiger partial charge in [-0.05, 0) is 97.3 Å². The minimum atomic E-state index is -0.402. The molecule has 3 fully saturated rings. The number of benzene rings is 3. The van der Waals surface area contributed by atoms with Crippen LogP contribution in [0.4, 0.5) is 11.4 Å². The molecule has 4 aliphatic rings. The monoisotopic (exact) mass is 765 g/mol. The number of halogens is 2. The fraction of sp³-hybridized carbons (Fsp3) is 0.314. The van der Waals surface area contributed by atoms with E-state index in [1.165, 1.54) is 16.2 Å². The molecule has 2 saturated carbocycles. The Morgan fingerprint density at radius 1 is 0.979 bits per heavy atom. The van der Waals surface area contributed by atoms with Crippen LogP contribution in [-0.4, -0.2) is 41.2 Å². The van der Waals surface area contributed by atoms with Gasteiger partial charge in [0.25, 0.3) is 5.91 Å². The number of carbonyl (C=O) groups excluding carboxylic acids is 3. The Kier molecular flexibility index (Phi) is 8.17. The average Bonchev–Trinajstić information content (AvgIpc) is 3.81. The molecule has 3 amide bonds. The molecule has 0 radical (unpaired) electrons. The molecule has 3 aromatic carbocycles. The third-order valence-electron chi connectivity index (χ3n) is 9.92. The standard InChI is InChI=1S/C35H29BrClN3O6S2/c1-2-45-24-13-16(3-12-23(24)46-15-25(41)38-19-8-6-18(37)7-9-19)26-27-21-14-22(30(27)47-32-31(26)48-35(44)39-32)29-28(21)33(42)40(34(29)43)20-10-4-17(36)5-11-20/h3-13,21-22,26-30H,2,14-15H2,1H3,(H,38,41)(H,39,44)/t21-,22-,26+,27-,28+,29+,30-/m1/s1. The predicted molar refractivity (Wildman–Crippen MR) is 188 cm³/mol. The number of amides is 3. The normalized spacial score (nSPS) is 26.6. The van der Waals surface area contributed by atoms with Crippen molar-refractivity contribution in [2.45, 2.75) is 29.5 Å². The van der Waals surface area contributed by atoms with Gasteiger partial charge in [-0.1, -0.05) is 44.9 Å². The molecular weight excluding hydrogens is 738 g/mol. The summed E-state index contributed by atoms with van der Waals surface area (Å²) in [7, 11) is 0. The maximum atomic E-state index is 14.0. The van der Waals surface area contributed by atoms with Crippen molar-refractivity contribution in [3.8, 4) is 11.5 Å². The first kappa shape index (κ1) is 31.7. The molecule has 8 rings (SSSR count). The number of hydrogen-bond donors (Lipinski definition) is 2. The summed E-state index contributed by atoms with van der Waals surface area (Å²) in [4.78, 5) is 58.6. The number of hydrogen-bond acceptors (Lipinski definition) is 8. The van der Waals surface area contributed by atoms with Gasteiger partial charge in [0.1, 0.15) is 0 Å². The number of nitrogens with zero attached hydrogens (tertiary/aromatic N) is 1. The molecule has 4 aromatic rings. The van der Waals surface area contributed by atoms with Gasteiger partial charge in [0, 0.05) is 31.2 Å². The van der Waals surface area contributed by atoms with Crippen LogP contribution >= 0.6 is 50.6 Å². The van der Waals surface area contributed by atoms with Crippen molar-refractivity contribution in [1.29, 1.82) is 0 Å². The van der Waals surface area contributed by atoms with E-state index in [2.05, 4.69) is 26.2 Å². The van der Waals surface area contributed by atoms with Crippen LogP contribution in [0.3, 0.4) is 0 Å². The van der Waals surface area contributed by atoms with Gasteiger partial charge >= 0.3 is 4.87 Å². The number of nitrogens with one attached hydrogen (secondary N) is 2. The molecule has 2 aliphatic heterocycles. The highest BCUT2D eigenvalue weighted by Gasteiger charge is 2.69. The van der Waals surface area contributed by atoms with Crippen molar-refractivity contribution in [1.82, 2.24) is 4.98 Å². The van der Waals surface area contributed by atoms with E-state index in [4.69, 9.17) is 21.1 Å². The molecule has 0 unspecified atom stereocenters. The van der Waals surface area contributed by atoms with E-state index in [-0.39, 0.29) is 64.0 Å². The molecule has 2 N–H and O–H groups in total. The third-order valence-corrected chi connectivity index (χ3v) is 13.3. The van der Waals surface area contributed by atoms with Crippen molar-refractivity contribution in [2.75, 3.05) is 23.4 Å². The minimum Gasteiger partial charge on any atom is -0.490 e. The Bertz CT molecular complexity index is 2000. The Hall–Kier alpha value is -3.58. The number of aromatic nitrogens is 1. The molecule has 246 valence electrons. The molecule has 48 heavy (non-hydrogen) atoms. The third kappa shape index (κ3) is 5.28. The number of imide groups is 1. The lowest BCUT2D eigenvalue weighted by Crippen LogP contribution is -2.42. The van der Waals surface area contributed by atoms with Gasteiger partial charge in [0.05, 0.1) is 29.2 Å². The van der Waals surface area contributed by atoms with Gasteiger partial charge in [-0.2, -0.15) is 0 Å². The SMILES string of the molecule is CCOc1cc([C@@H]2c3sc(=O)[nH]c3S[C@@H]3[C@@H]4C[C@@H]([C@@H]5C(=O)N(c6ccc(Br)cc6)C(=O)[C@@H]45)[C@H]23)ccc1OCC(=O)Nc1ccc(Cl)cc1. The van der Waals surface area contributed by atoms with Crippen LogP contribution in [0.15, 0.2) is 81.0 Å². The van der Waals surface area contributed by atoms with Crippen molar-refractivity contribution in [3.63, 3.8) is 0 Å². The van der Waals surface area contributed by atoms with Crippen LogP contribution in [0, 0.1) is 29.6 Å². The maximum Gasteiger partial charge on any atom is 0.305 e. The first-order chi connectivity index (χ1) is 23.2.